The van der Waals surface area contributed by atoms with E-state index in [1.54, 1.807) is 7.11 Å². The van der Waals surface area contributed by atoms with Crippen LogP contribution in [0, 0.1) is 11.3 Å². The van der Waals surface area contributed by atoms with Crippen molar-refractivity contribution in [3.05, 3.63) is 0 Å². The molecule has 1 aliphatic heterocycles. The molecule has 0 aromatic rings. The molecule has 0 radical (unpaired) electrons. The predicted octanol–water partition coefficient (Wildman–Crippen LogP) is 2.50. The van der Waals surface area contributed by atoms with Gasteiger partial charge in [-0.3, -0.25) is 4.99 Å². The molecular formula is C17H32IN3O2. The second kappa shape index (κ2) is 8.34. The molecule has 134 valence electrons. The molecule has 1 spiro atoms. The summed E-state index contributed by atoms with van der Waals surface area (Å²) < 4.78 is 11.2. The lowest BCUT2D eigenvalue weighted by atomic mass is 9.51. The molecule has 6 heteroatoms. The van der Waals surface area contributed by atoms with Crippen molar-refractivity contribution in [3.8, 4) is 0 Å². The van der Waals surface area contributed by atoms with E-state index in [-0.39, 0.29) is 24.0 Å². The largest absolute Gasteiger partial charge is 0.384 e. The van der Waals surface area contributed by atoms with E-state index in [1.165, 1.54) is 25.7 Å². The quantitative estimate of drug-likeness (QED) is 0.408. The average Bonchev–Trinajstić information content (AvgIpc) is 2.89. The number of nitrogens with zero attached hydrogens (tertiary/aromatic N) is 2. The molecule has 1 heterocycles. The van der Waals surface area contributed by atoms with Gasteiger partial charge in [0.15, 0.2) is 5.96 Å². The Balaban J connectivity index is 0.00000192. The van der Waals surface area contributed by atoms with E-state index in [9.17, 15) is 0 Å². The van der Waals surface area contributed by atoms with Crippen LogP contribution in [0.1, 0.15) is 39.0 Å². The first kappa shape index (κ1) is 19.2. The van der Waals surface area contributed by atoms with Crippen LogP contribution in [0.4, 0.5) is 0 Å². The highest BCUT2D eigenvalue weighted by Crippen LogP contribution is 2.57. The maximum Gasteiger partial charge on any atom is 0.193 e. The zero-order chi connectivity index (χ0) is 15.6. The topological polar surface area (TPSA) is 46.1 Å². The lowest BCUT2D eigenvalue weighted by molar-refractivity contribution is -0.168. The van der Waals surface area contributed by atoms with Gasteiger partial charge in [0.25, 0.3) is 0 Å². The molecule has 2 saturated carbocycles. The Hall–Kier alpha value is -0.0800. The van der Waals surface area contributed by atoms with Gasteiger partial charge in [-0.05, 0) is 32.6 Å². The molecule has 3 fully saturated rings. The number of hydrogen-bond donors (Lipinski definition) is 1. The number of rotatable bonds is 5. The second-order valence-corrected chi connectivity index (χ2v) is 7.07. The lowest BCUT2D eigenvalue weighted by Crippen LogP contribution is -2.68. The Bertz CT molecular complexity index is 415. The van der Waals surface area contributed by atoms with Crippen molar-refractivity contribution in [1.82, 2.24) is 10.2 Å². The molecule has 0 aromatic heterocycles. The number of aliphatic imine (C=N–C) groups is 1. The third-order valence-electron chi connectivity index (χ3n) is 5.94. The summed E-state index contributed by atoms with van der Waals surface area (Å²) in [7, 11) is 3.69. The average molecular weight is 437 g/mol. The smallest absolute Gasteiger partial charge is 0.193 e. The number of hydrogen-bond acceptors (Lipinski definition) is 3. The summed E-state index contributed by atoms with van der Waals surface area (Å²) in [5.41, 5.74) is 0.387. The monoisotopic (exact) mass is 437 g/mol. The first-order valence-electron chi connectivity index (χ1n) is 8.82. The first-order chi connectivity index (χ1) is 10.7. The lowest BCUT2D eigenvalue weighted by Gasteiger charge is -2.61. The van der Waals surface area contributed by atoms with Crippen molar-refractivity contribution in [2.75, 3.05) is 40.5 Å². The van der Waals surface area contributed by atoms with Gasteiger partial charge in [0.1, 0.15) is 0 Å². The second-order valence-electron chi connectivity index (χ2n) is 7.07. The van der Waals surface area contributed by atoms with Gasteiger partial charge in [-0.25, -0.2) is 0 Å². The molecule has 5 nitrogen and oxygen atoms in total. The maximum atomic E-state index is 5.95. The van der Waals surface area contributed by atoms with Crippen LogP contribution in [0.25, 0.3) is 0 Å². The van der Waals surface area contributed by atoms with Gasteiger partial charge in [-0.15, -0.1) is 24.0 Å². The zero-order valence-corrected chi connectivity index (χ0v) is 17.0. The fourth-order valence-corrected chi connectivity index (χ4v) is 4.49. The van der Waals surface area contributed by atoms with Crippen molar-refractivity contribution >= 4 is 29.9 Å². The number of ether oxygens (including phenoxy) is 2. The van der Waals surface area contributed by atoms with Crippen LogP contribution in [0.3, 0.4) is 0 Å². The Kier molecular flexibility index (Phi) is 6.98. The molecular weight excluding hydrogens is 405 g/mol. The van der Waals surface area contributed by atoms with Crippen molar-refractivity contribution in [3.63, 3.8) is 0 Å². The normalized spacial score (nSPS) is 32.2. The van der Waals surface area contributed by atoms with Gasteiger partial charge in [0.2, 0.25) is 0 Å². The summed E-state index contributed by atoms with van der Waals surface area (Å²) in [4.78, 5) is 6.92. The number of methoxy groups -OCH3 is 1. The van der Waals surface area contributed by atoms with Crippen molar-refractivity contribution in [1.29, 1.82) is 0 Å². The van der Waals surface area contributed by atoms with Crippen LogP contribution >= 0.6 is 24.0 Å². The van der Waals surface area contributed by atoms with E-state index in [0.717, 1.165) is 38.7 Å². The minimum atomic E-state index is 0. The molecule has 2 aliphatic carbocycles. The highest BCUT2D eigenvalue weighted by Gasteiger charge is 2.59. The molecule has 23 heavy (non-hydrogen) atoms. The van der Waals surface area contributed by atoms with Crippen molar-refractivity contribution < 1.29 is 9.47 Å². The van der Waals surface area contributed by atoms with E-state index in [1.807, 2.05) is 7.05 Å². The van der Waals surface area contributed by atoms with Crippen LogP contribution in [0.2, 0.25) is 0 Å². The summed E-state index contributed by atoms with van der Waals surface area (Å²) in [5, 5.41) is 3.74. The number of nitrogens with one attached hydrogen (secondary N) is 1. The summed E-state index contributed by atoms with van der Waals surface area (Å²) >= 11 is 0. The van der Waals surface area contributed by atoms with Crippen LogP contribution in [-0.2, 0) is 9.47 Å². The maximum absolute atomic E-state index is 5.95. The highest BCUT2D eigenvalue weighted by molar-refractivity contribution is 14.0. The Labute approximate surface area is 157 Å². The standard InChI is InChI=1S/C17H31N3O2.HI/c1-4-22-15-10-14(17(15)7-5-8-17)19-16(18-2)20-9-6-13(11-20)12-21-3;/h13-15H,4-12H2,1-3H3,(H,18,19);1H. The molecule has 3 aliphatic rings. The van der Waals surface area contributed by atoms with Gasteiger partial charge in [-0.1, -0.05) is 6.42 Å². The zero-order valence-electron chi connectivity index (χ0n) is 14.7. The fraction of sp³-hybridized carbons (Fsp3) is 0.941. The number of halogens is 1. The minimum Gasteiger partial charge on any atom is -0.384 e. The summed E-state index contributed by atoms with van der Waals surface area (Å²) in [6.07, 6.45) is 6.74. The Morgan fingerprint density at radius 2 is 2.17 bits per heavy atom. The van der Waals surface area contributed by atoms with Crippen LogP contribution in [0.15, 0.2) is 4.99 Å². The molecule has 3 atom stereocenters. The van der Waals surface area contributed by atoms with E-state index in [4.69, 9.17) is 9.47 Å². The molecule has 1 saturated heterocycles. The first-order valence-corrected chi connectivity index (χ1v) is 8.82. The Morgan fingerprint density at radius 1 is 1.39 bits per heavy atom. The number of likely N-dealkylation sites (tertiary alicyclic amines) is 1. The van der Waals surface area contributed by atoms with E-state index in [0.29, 0.717) is 23.5 Å². The van der Waals surface area contributed by atoms with Crippen molar-refractivity contribution in [2.24, 2.45) is 16.3 Å². The van der Waals surface area contributed by atoms with Gasteiger partial charge >= 0.3 is 0 Å². The number of guanidine groups is 1. The van der Waals surface area contributed by atoms with Gasteiger partial charge in [0.05, 0.1) is 12.7 Å². The van der Waals surface area contributed by atoms with E-state index in [2.05, 4.69) is 22.1 Å². The predicted molar refractivity (Wildman–Crippen MR) is 104 cm³/mol. The molecule has 3 rings (SSSR count). The van der Waals surface area contributed by atoms with E-state index >= 15 is 0 Å². The summed E-state index contributed by atoms with van der Waals surface area (Å²) in [6, 6.07) is 0.540. The van der Waals surface area contributed by atoms with Crippen LogP contribution in [-0.4, -0.2) is 63.5 Å². The molecule has 0 amide bonds. The Morgan fingerprint density at radius 3 is 2.74 bits per heavy atom. The molecule has 0 bridgehead atoms. The van der Waals surface area contributed by atoms with Crippen LogP contribution in [0.5, 0.6) is 0 Å². The SMILES string of the molecule is CCOC1CC(NC(=NC)N2CCC(COC)C2)C12CCC2.I. The minimum absolute atomic E-state index is 0. The molecule has 3 unspecified atom stereocenters. The van der Waals surface area contributed by atoms with Gasteiger partial charge < -0.3 is 19.7 Å². The summed E-state index contributed by atoms with van der Waals surface area (Å²) in [5.74, 6) is 1.71. The van der Waals surface area contributed by atoms with Crippen molar-refractivity contribution in [2.45, 2.75) is 51.2 Å². The van der Waals surface area contributed by atoms with Gasteiger partial charge in [0, 0.05) is 51.2 Å². The molecule has 0 aromatic carbocycles. The van der Waals surface area contributed by atoms with Crippen LogP contribution < -0.4 is 5.32 Å². The summed E-state index contributed by atoms with van der Waals surface area (Å²) in [6.45, 7) is 5.93. The fourth-order valence-electron chi connectivity index (χ4n) is 4.49. The third kappa shape index (κ3) is 3.63. The molecule has 1 N–H and O–H groups in total. The highest BCUT2D eigenvalue weighted by atomic mass is 127. The van der Waals surface area contributed by atoms with E-state index < -0.39 is 0 Å². The third-order valence-corrected chi connectivity index (χ3v) is 5.94. The van der Waals surface area contributed by atoms with Gasteiger partial charge in [-0.2, -0.15) is 0 Å².